The van der Waals surface area contributed by atoms with Crippen LogP contribution in [0.1, 0.15) is 47.7 Å². The number of amides is 1. The molecule has 0 aliphatic carbocycles. The second kappa shape index (κ2) is 9.91. The van der Waals surface area contributed by atoms with Gasteiger partial charge in [-0.05, 0) is 67.5 Å². The molecule has 1 aliphatic rings. The van der Waals surface area contributed by atoms with Crippen LogP contribution in [0.25, 0.3) is 0 Å². The second-order valence-electron chi connectivity index (χ2n) is 7.63. The van der Waals surface area contributed by atoms with E-state index in [1.165, 1.54) is 31.5 Å². The number of rotatable bonds is 7. The highest BCUT2D eigenvalue weighted by Crippen LogP contribution is 2.18. The fraction of sp³-hybridized carbons (Fsp3) is 0.435. The highest BCUT2D eigenvalue weighted by Gasteiger charge is 2.16. The minimum absolute atomic E-state index is 0.00713. The van der Waals surface area contributed by atoms with Gasteiger partial charge in [-0.25, -0.2) is 0 Å². The summed E-state index contributed by atoms with van der Waals surface area (Å²) in [7, 11) is 0. The van der Waals surface area contributed by atoms with Crippen LogP contribution < -0.4 is 5.32 Å². The lowest BCUT2D eigenvalue weighted by Gasteiger charge is -2.30. The van der Waals surface area contributed by atoms with Crippen LogP contribution >= 0.6 is 11.6 Å². The molecule has 1 saturated heterocycles. The van der Waals surface area contributed by atoms with E-state index in [0.29, 0.717) is 6.54 Å². The second-order valence-corrected chi connectivity index (χ2v) is 8.04. The molecule has 1 amide bonds. The molecular weight excluding hydrogens is 356 g/mol. The van der Waals surface area contributed by atoms with E-state index in [4.69, 9.17) is 11.6 Å². The number of halogens is 1. The van der Waals surface area contributed by atoms with E-state index in [2.05, 4.69) is 29.3 Å². The number of hydrogen-bond acceptors (Lipinski definition) is 2. The Morgan fingerprint density at radius 3 is 2.70 bits per heavy atom. The maximum absolute atomic E-state index is 12.3. The quantitative estimate of drug-likeness (QED) is 0.686. The lowest BCUT2D eigenvalue weighted by Crippen LogP contribution is -2.33. The van der Waals surface area contributed by atoms with Crippen molar-refractivity contribution in [3.8, 4) is 0 Å². The molecule has 27 heavy (non-hydrogen) atoms. The number of aryl methyl sites for hydroxylation is 1. The molecule has 144 valence electrons. The zero-order valence-electron chi connectivity index (χ0n) is 16.1. The first-order valence-corrected chi connectivity index (χ1v) is 10.3. The molecular formula is C23H29ClN2O. The summed E-state index contributed by atoms with van der Waals surface area (Å²) in [5.41, 5.74) is 3.13. The van der Waals surface area contributed by atoms with Crippen molar-refractivity contribution in [3.05, 3.63) is 70.2 Å². The van der Waals surface area contributed by atoms with Crippen LogP contribution in [0.4, 0.5) is 0 Å². The van der Waals surface area contributed by atoms with Crippen LogP contribution in [0, 0.1) is 5.92 Å². The Bertz CT molecular complexity index is 744. The number of carbonyl (C=O) groups excluding carboxylic acids is 1. The number of nitrogens with one attached hydrogen (secondary N) is 1. The Balaban J connectivity index is 1.42. The Labute approximate surface area is 167 Å². The topological polar surface area (TPSA) is 32.3 Å². The predicted octanol–water partition coefficient (Wildman–Crippen LogP) is 4.93. The standard InChI is InChI=1S/C23H29ClN2O/c1-18-6-5-15-26(16-18)17-19-10-12-21(13-11-19)23(27)25-14-4-8-20-7-2-3-9-22(20)24/h2-3,7,9-13,18H,4-6,8,14-17H2,1H3,(H,25,27)/t18-/m0/s1. The van der Waals surface area contributed by atoms with Crippen molar-refractivity contribution < 1.29 is 4.79 Å². The van der Waals surface area contributed by atoms with Gasteiger partial charge in [0, 0.05) is 30.2 Å². The van der Waals surface area contributed by atoms with Gasteiger partial charge in [0.2, 0.25) is 0 Å². The number of likely N-dealkylation sites (tertiary alicyclic amines) is 1. The summed E-state index contributed by atoms with van der Waals surface area (Å²) in [4.78, 5) is 14.8. The molecule has 3 rings (SSSR count). The monoisotopic (exact) mass is 384 g/mol. The van der Waals surface area contributed by atoms with Crippen LogP contribution in [0.15, 0.2) is 48.5 Å². The Morgan fingerprint density at radius 2 is 1.96 bits per heavy atom. The van der Waals surface area contributed by atoms with Crippen molar-refractivity contribution in [1.29, 1.82) is 0 Å². The number of carbonyl (C=O) groups is 1. The molecule has 1 heterocycles. The lowest BCUT2D eigenvalue weighted by molar-refractivity contribution is 0.0953. The maximum atomic E-state index is 12.3. The molecule has 0 aromatic heterocycles. The number of hydrogen-bond donors (Lipinski definition) is 1. The Kier molecular flexibility index (Phi) is 7.31. The third-order valence-corrected chi connectivity index (χ3v) is 5.60. The summed E-state index contributed by atoms with van der Waals surface area (Å²) < 4.78 is 0. The van der Waals surface area contributed by atoms with Crippen molar-refractivity contribution in [2.24, 2.45) is 5.92 Å². The largest absolute Gasteiger partial charge is 0.352 e. The molecule has 4 heteroatoms. The van der Waals surface area contributed by atoms with Crippen molar-refractivity contribution >= 4 is 17.5 Å². The first-order valence-electron chi connectivity index (χ1n) is 9.95. The third-order valence-electron chi connectivity index (χ3n) is 5.23. The lowest BCUT2D eigenvalue weighted by atomic mass is 9.99. The van der Waals surface area contributed by atoms with E-state index in [1.54, 1.807) is 0 Å². The molecule has 0 bridgehead atoms. The highest BCUT2D eigenvalue weighted by molar-refractivity contribution is 6.31. The summed E-state index contributed by atoms with van der Waals surface area (Å²) in [6.45, 7) is 6.30. The molecule has 1 aliphatic heterocycles. The highest BCUT2D eigenvalue weighted by atomic mass is 35.5. The van der Waals surface area contributed by atoms with Crippen LogP contribution in [0.2, 0.25) is 5.02 Å². The van der Waals surface area contributed by atoms with Crippen molar-refractivity contribution in [2.75, 3.05) is 19.6 Å². The van der Waals surface area contributed by atoms with E-state index >= 15 is 0 Å². The van der Waals surface area contributed by atoms with Gasteiger partial charge < -0.3 is 5.32 Å². The molecule has 3 nitrogen and oxygen atoms in total. The summed E-state index contributed by atoms with van der Waals surface area (Å²) in [5, 5.41) is 3.80. The molecule has 2 aromatic carbocycles. The van der Waals surface area contributed by atoms with Crippen LogP contribution in [0.3, 0.4) is 0 Å². The minimum Gasteiger partial charge on any atom is -0.352 e. The molecule has 0 unspecified atom stereocenters. The maximum Gasteiger partial charge on any atom is 0.251 e. The average molecular weight is 385 g/mol. The van der Waals surface area contributed by atoms with E-state index in [0.717, 1.165) is 41.5 Å². The van der Waals surface area contributed by atoms with Gasteiger partial charge in [-0.2, -0.15) is 0 Å². The van der Waals surface area contributed by atoms with E-state index in [-0.39, 0.29) is 5.91 Å². The van der Waals surface area contributed by atoms with Crippen LogP contribution in [0.5, 0.6) is 0 Å². The van der Waals surface area contributed by atoms with Gasteiger partial charge in [-0.15, -0.1) is 0 Å². The van der Waals surface area contributed by atoms with Crippen molar-refractivity contribution in [3.63, 3.8) is 0 Å². The third kappa shape index (κ3) is 6.08. The van der Waals surface area contributed by atoms with Gasteiger partial charge in [0.15, 0.2) is 0 Å². The summed E-state index contributed by atoms with van der Waals surface area (Å²) in [6.07, 6.45) is 4.37. The first kappa shape index (κ1) is 19.9. The first-order chi connectivity index (χ1) is 13.1. The summed E-state index contributed by atoms with van der Waals surface area (Å²) >= 11 is 6.16. The molecule has 2 aromatic rings. The van der Waals surface area contributed by atoms with E-state index < -0.39 is 0 Å². The SMILES string of the molecule is C[C@H]1CCCN(Cc2ccc(C(=O)NCCCc3ccccc3Cl)cc2)C1. The fourth-order valence-corrected chi connectivity index (χ4v) is 3.96. The summed E-state index contributed by atoms with van der Waals surface area (Å²) in [6, 6.07) is 15.9. The molecule has 0 spiro atoms. The van der Waals surface area contributed by atoms with Crippen molar-refractivity contribution in [1.82, 2.24) is 10.2 Å². The zero-order valence-corrected chi connectivity index (χ0v) is 16.8. The van der Waals surface area contributed by atoms with E-state index in [9.17, 15) is 4.79 Å². The molecule has 0 radical (unpaired) electrons. The Morgan fingerprint density at radius 1 is 1.19 bits per heavy atom. The smallest absolute Gasteiger partial charge is 0.251 e. The van der Waals surface area contributed by atoms with Gasteiger partial charge in [-0.1, -0.05) is 48.9 Å². The van der Waals surface area contributed by atoms with Gasteiger partial charge in [0.05, 0.1) is 0 Å². The van der Waals surface area contributed by atoms with Gasteiger partial charge in [0.25, 0.3) is 5.91 Å². The minimum atomic E-state index is -0.00713. The molecule has 1 N–H and O–H groups in total. The van der Waals surface area contributed by atoms with Gasteiger partial charge in [0.1, 0.15) is 0 Å². The van der Waals surface area contributed by atoms with Gasteiger partial charge >= 0.3 is 0 Å². The number of piperidine rings is 1. The zero-order chi connectivity index (χ0) is 19.1. The number of nitrogens with zero attached hydrogens (tertiary/aromatic N) is 1. The molecule has 1 fully saturated rings. The average Bonchev–Trinajstić information content (AvgIpc) is 2.67. The van der Waals surface area contributed by atoms with Crippen LogP contribution in [-0.2, 0) is 13.0 Å². The Hall–Kier alpha value is -1.84. The fourth-order valence-electron chi connectivity index (χ4n) is 3.73. The summed E-state index contributed by atoms with van der Waals surface area (Å²) in [5.74, 6) is 0.780. The molecule has 0 saturated carbocycles. The van der Waals surface area contributed by atoms with Crippen LogP contribution in [-0.4, -0.2) is 30.4 Å². The number of benzene rings is 2. The normalized spacial score (nSPS) is 17.6. The van der Waals surface area contributed by atoms with E-state index in [1.807, 2.05) is 36.4 Å². The van der Waals surface area contributed by atoms with Gasteiger partial charge in [-0.3, -0.25) is 9.69 Å². The predicted molar refractivity (Wildman–Crippen MR) is 112 cm³/mol. The van der Waals surface area contributed by atoms with Crippen molar-refractivity contribution in [2.45, 2.75) is 39.2 Å². The molecule has 1 atom stereocenters.